The summed E-state index contributed by atoms with van der Waals surface area (Å²) in [5.41, 5.74) is 1.80. The highest BCUT2D eigenvalue weighted by molar-refractivity contribution is 7.99. The third-order valence-electron chi connectivity index (χ3n) is 4.43. The van der Waals surface area contributed by atoms with Gasteiger partial charge in [-0.05, 0) is 24.1 Å². The number of Topliss-reactive ketones (excluding diaryl/α,β-unsaturated/α-hetero) is 1. The van der Waals surface area contributed by atoms with Crippen LogP contribution in [0.3, 0.4) is 0 Å². The van der Waals surface area contributed by atoms with Crippen LogP contribution < -0.4 is 0 Å². The number of hydrogen-bond donors (Lipinski definition) is 0. The fourth-order valence-corrected chi connectivity index (χ4v) is 4.82. The number of thioether (sulfide) groups is 1. The first-order chi connectivity index (χ1) is 9.72. The number of ketones is 1. The van der Waals surface area contributed by atoms with E-state index in [0.717, 1.165) is 33.2 Å². The fraction of sp³-hybridized carbons (Fsp3) is 0.235. The summed E-state index contributed by atoms with van der Waals surface area (Å²) >= 11 is 8.09. The lowest BCUT2D eigenvalue weighted by Gasteiger charge is -2.23. The molecule has 1 spiro atoms. The van der Waals surface area contributed by atoms with Gasteiger partial charge >= 0.3 is 0 Å². The quantitative estimate of drug-likeness (QED) is 0.752. The Morgan fingerprint density at radius 3 is 2.70 bits per heavy atom. The van der Waals surface area contributed by atoms with Gasteiger partial charge in [0.15, 0.2) is 5.78 Å². The summed E-state index contributed by atoms with van der Waals surface area (Å²) in [6.45, 7) is 0. The van der Waals surface area contributed by atoms with Crippen LogP contribution in [0.2, 0.25) is 5.02 Å². The molecule has 0 radical (unpaired) electrons. The zero-order valence-electron chi connectivity index (χ0n) is 10.8. The number of rotatable bonds is 1. The third kappa shape index (κ3) is 1.68. The predicted molar refractivity (Wildman–Crippen MR) is 82.7 cm³/mol. The largest absolute Gasteiger partial charge is 0.293 e. The molecule has 1 aliphatic carbocycles. The lowest BCUT2D eigenvalue weighted by atomic mass is 9.91. The zero-order chi connectivity index (χ0) is 13.7. The molecule has 2 atom stereocenters. The molecule has 1 fully saturated rings. The highest BCUT2D eigenvalue weighted by Gasteiger charge is 2.62. The van der Waals surface area contributed by atoms with E-state index in [4.69, 9.17) is 11.6 Å². The lowest BCUT2D eigenvalue weighted by molar-refractivity contribution is 0.0905. The summed E-state index contributed by atoms with van der Waals surface area (Å²) in [6.07, 6.45) is 0.927. The van der Waals surface area contributed by atoms with Crippen LogP contribution in [0.25, 0.3) is 0 Å². The highest BCUT2D eigenvalue weighted by atomic mass is 35.5. The molecule has 2 unspecified atom stereocenters. The van der Waals surface area contributed by atoms with E-state index >= 15 is 0 Å². The van der Waals surface area contributed by atoms with Crippen LogP contribution in [0.1, 0.15) is 28.3 Å². The lowest BCUT2D eigenvalue weighted by Crippen LogP contribution is -2.25. The van der Waals surface area contributed by atoms with Gasteiger partial charge in [-0.2, -0.15) is 0 Å². The summed E-state index contributed by atoms with van der Waals surface area (Å²) in [7, 11) is 0. The standard InChI is InChI=1S/C17H13ClOS/c18-14-7-3-1-5-11(14)13-9-17(13)10-20-15-8-4-2-6-12(15)16(17)19/h1-8,13H,9-10H2. The van der Waals surface area contributed by atoms with E-state index in [2.05, 4.69) is 6.07 Å². The third-order valence-corrected chi connectivity index (χ3v) is 6.10. The Balaban J connectivity index is 1.73. The van der Waals surface area contributed by atoms with Crippen LogP contribution in [0.4, 0.5) is 0 Å². The van der Waals surface area contributed by atoms with Crippen molar-refractivity contribution in [3.63, 3.8) is 0 Å². The van der Waals surface area contributed by atoms with Gasteiger partial charge in [0.25, 0.3) is 0 Å². The van der Waals surface area contributed by atoms with Crippen LogP contribution in [-0.2, 0) is 0 Å². The second-order valence-electron chi connectivity index (χ2n) is 5.55. The van der Waals surface area contributed by atoms with Crippen molar-refractivity contribution in [1.82, 2.24) is 0 Å². The Kier molecular flexibility index (Phi) is 2.73. The summed E-state index contributed by atoms with van der Waals surface area (Å²) < 4.78 is 0. The van der Waals surface area contributed by atoms with Crippen molar-refractivity contribution in [2.75, 3.05) is 5.75 Å². The summed E-state index contributed by atoms with van der Waals surface area (Å²) in [5.74, 6) is 1.46. The monoisotopic (exact) mass is 300 g/mol. The molecular formula is C17H13ClOS. The van der Waals surface area contributed by atoms with Crippen molar-refractivity contribution in [2.24, 2.45) is 5.41 Å². The molecule has 100 valence electrons. The van der Waals surface area contributed by atoms with Crippen LogP contribution in [-0.4, -0.2) is 11.5 Å². The first-order valence-electron chi connectivity index (χ1n) is 6.73. The maximum atomic E-state index is 12.8. The Labute approximate surface area is 127 Å². The smallest absolute Gasteiger partial charge is 0.171 e. The number of fused-ring (bicyclic) bond motifs is 1. The topological polar surface area (TPSA) is 17.1 Å². The second-order valence-corrected chi connectivity index (χ2v) is 6.97. The summed E-state index contributed by atoms with van der Waals surface area (Å²) in [4.78, 5) is 14.0. The van der Waals surface area contributed by atoms with Crippen molar-refractivity contribution in [2.45, 2.75) is 17.2 Å². The number of carbonyl (C=O) groups is 1. The highest BCUT2D eigenvalue weighted by Crippen LogP contribution is 2.65. The van der Waals surface area contributed by atoms with E-state index in [1.54, 1.807) is 11.8 Å². The molecule has 4 rings (SSSR count). The van der Waals surface area contributed by atoms with E-state index in [-0.39, 0.29) is 11.3 Å². The summed E-state index contributed by atoms with van der Waals surface area (Å²) in [5, 5.41) is 0.783. The Bertz CT molecular complexity index is 712. The first kappa shape index (κ1) is 12.5. The van der Waals surface area contributed by atoms with Gasteiger partial charge in [0.2, 0.25) is 0 Å². The minimum absolute atomic E-state index is 0.218. The molecule has 1 heterocycles. The molecule has 0 amide bonds. The molecule has 0 bridgehead atoms. The van der Waals surface area contributed by atoms with E-state index in [1.165, 1.54) is 0 Å². The van der Waals surface area contributed by atoms with Crippen molar-refractivity contribution >= 4 is 29.1 Å². The number of hydrogen-bond acceptors (Lipinski definition) is 2. The maximum absolute atomic E-state index is 12.8. The van der Waals surface area contributed by atoms with Gasteiger partial charge in [-0.1, -0.05) is 48.0 Å². The normalized spacial score (nSPS) is 27.4. The number of halogens is 1. The van der Waals surface area contributed by atoms with E-state index in [9.17, 15) is 4.79 Å². The van der Waals surface area contributed by atoms with E-state index in [1.807, 2.05) is 42.5 Å². The second kappa shape index (κ2) is 4.37. The van der Waals surface area contributed by atoms with Crippen molar-refractivity contribution in [3.05, 3.63) is 64.7 Å². The molecule has 20 heavy (non-hydrogen) atoms. The summed E-state index contributed by atoms with van der Waals surface area (Å²) in [6, 6.07) is 15.8. The molecule has 2 aromatic carbocycles. The molecule has 2 aliphatic rings. The van der Waals surface area contributed by atoms with Crippen LogP contribution in [0, 0.1) is 5.41 Å². The average Bonchev–Trinajstić information content (AvgIpc) is 3.19. The molecule has 2 aromatic rings. The van der Waals surface area contributed by atoms with Gasteiger partial charge in [-0.25, -0.2) is 0 Å². The predicted octanol–water partition coefficient (Wildman–Crippen LogP) is 4.80. The molecule has 1 saturated carbocycles. The number of carbonyl (C=O) groups excluding carboxylic acids is 1. The van der Waals surface area contributed by atoms with Crippen molar-refractivity contribution < 1.29 is 4.79 Å². The first-order valence-corrected chi connectivity index (χ1v) is 8.10. The molecule has 3 heteroatoms. The van der Waals surface area contributed by atoms with Gasteiger partial charge in [0.05, 0.1) is 5.41 Å². The minimum Gasteiger partial charge on any atom is -0.293 e. The van der Waals surface area contributed by atoms with Gasteiger partial charge in [-0.3, -0.25) is 4.79 Å². The Morgan fingerprint density at radius 2 is 1.85 bits per heavy atom. The molecule has 0 saturated heterocycles. The minimum atomic E-state index is -0.218. The van der Waals surface area contributed by atoms with Crippen LogP contribution in [0.5, 0.6) is 0 Å². The van der Waals surface area contributed by atoms with Gasteiger partial charge in [0.1, 0.15) is 0 Å². The Hall–Kier alpha value is -1.25. The van der Waals surface area contributed by atoms with Gasteiger partial charge < -0.3 is 0 Å². The molecule has 1 aliphatic heterocycles. The molecule has 1 nitrogen and oxygen atoms in total. The number of benzene rings is 2. The molecule has 0 aromatic heterocycles. The molecule has 0 N–H and O–H groups in total. The van der Waals surface area contributed by atoms with Gasteiger partial charge in [-0.15, -0.1) is 11.8 Å². The zero-order valence-corrected chi connectivity index (χ0v) is 12.4. The van der Waals surface area contributed by atoms with E-state index < -0.39 is 0 Å². The molecular weight excluding hydrogens is 288 g/mol. The fourth-order valence-electron chi connectivity index (χ4n) is 3.20. The van der Waals surface area contributed by atoms with Crippen molar-refractivity contribution in [1.29, 1.82) is 0 Å². The van der Waals surface area contributed by atoms with Gasteiger partial charge in [0, 0.05) is 27.2 Å². The van der Waals surface area contributed by atoms with Crippen LogP contribution in [0.15, 0.2) is 53.4 Å². The SMILES string of the molecule is O=C1c2ccccc2SCC12CC2c1ccccc1Cl. The maximum Gasteiger partial charge on any atom is 0.171 e. The van der Waals surface area contributed by atoms with Crippen LogP contribution >= 0.6 is 23.4 Å². The average molecular weight is 301 g/mol. The van der Waals surface area contributed by atoms with E-state index in [0.29, 0.717) is 5.78 Å². The Morgan fingerprint density at radius 1 is 1.10 bits per heavy atom. The van der Waals surface area contributed by atoms with Crippen molar-refractivity contribution in [3.8, 4) is 0 Å².